The van der Waals surface area contributed by atoms with Gasteiger partial charge in [0.15, 0.2) is 0 Å². The molecule has 3 aromatic heterocycles. The molecule has 1 saturated heterocycles. The first kappa shape index (κ1) is 36.7. The average molecular weight is 715 g/mol. The zero-order chi connectivity index (χ0) is 37.3. The number of anilines is 2. The predicted octanol–water partition coefficient (Wildman–Crippen LogP) is 4.52. The van der Waals surface area contributed by atoms with Gasteiger partial charge in [0.2, 0.25) is 0 Å². The second kappa shape index (κ2) is 17.0. The highest BCUT2D eigenvalue weighted by molar-refractivity contribution is 6.07. The third-order valence-electron chi connectivity index (χ3n) is 9.27. The lowest BCUT2D eigenvalue weighted by Crippen LogP contribution is -2.47. The van der Waals surface area contributed by atoms with Crippen LogP contribution in [-0.4, -0.2) is 100 Å². The molecule has 1 aliphatic rings. The molecule has 1 aliphatic heterocycles. The number of aryl methyl sites for hydroxylation is 2. The summed E-state index contributed by atoms with van der Waals surface area (Å²) < 4.78 is 3.27. The molecule has 5 N–H and O–H groups in total. The van der Waals surface area contributed by atoms with Crippen LogP contribution in [0, 0.1) is 5.41 Å². The molecule has 0 atom stereocenters. The third-order valence-corrected chi connectivity index (χ3v) is 9.27. The van der Waals surface area contributed by atoms with Crippen molar-refractivity contribution in [3.8, 4) is 0 Å². The fraction of sp³-hybridized carbons (Fsp3) is 0.275. The Morgan fingerprint density at radius 2 is 1.38 bits per heavy atom. The van der Waals surface area contributed by atoms with E-state index in [4.69, 9.17) is 5.41 Å². The maximum atomic E-state index is 13.2. The number of rotatable bonds is 13. The van der Waals surface area contributed by atoms with Gasteiger partial charge in [-0.2, -0.15) is 0 Å². The van der Waals surface area contributed by atoms with Gasteiger partial charge < -0.3 is 35.3 Å². The van der Waals surface area contributed by atoms with Gasteiger partial charge in [-0.3, -0.25) is 29.7 Å². The van der Waals surface area contributed by atoms with Crippen molar-refractivity contribution in [2.75, 3.05) is 63.5 Å². The molecule has 53 heavy (non-hydrogen) atoms. The second-order valence-electron chi connectivity index (χ2n) is 13.3. The molecule has 6 rings (SSSR count). The number of para-hydroxylation sites is 1. The van der Waals surface area contributed by atoms with Crippen molar-refractivity contribution < 1.29 is 14.4 Å². The molecule has 0 spiro atoms. The van der Waals surface area contributed by atoms with Gasteiger partial charge in [0.1, 0.15) is 11.4 Å². The van der Waals surface area contributed by atoms with E-state index >= 15 is 0 Å². The van der Waals surface area contributed by atoms with Crippen LogP contribution in [0.4, 0.5) is 11.4 Å². The van der Waals surface area contributed by atoms with Crippen LogP contribution in [0.15, 0.2) is 85.3 Å². The third kappa shape index (κ3) is 9.84. The van der Waals surface area contributed by atoms with E-state index in [-0.39, 0.29) is 17.7 Å². The summed E-state index contributed by atoms with van der Waals surface area (Å²) in [7, 11) is 5.58. The molecule has 1 fully saturated rings. The average Bonchev–Trinajstić information content (AvgIpc) is 3.72. The van der Waals surface area contributed by atoms with Crippen molar-refractivity contribution in [2.45, 2.75) is 6.42 Å². The minimum atomic E-state index is -0.389. The molecule has 274 valence electrons. The topological polar surface area (TPSA) is 152 Å². The lowest BCUT2D eigenvalue weighted by Gasteiger charge is -2.32. The highest BCUT2D eigenvalue weighted by Gasteiger charge is 2.18. The SMILES string of the molecule is CN1CCN(CCNC(=N)CCNC(=O)c2cc(NC(=O)c3cc(NC(=O)c4ccc(/C=C/c5cnc6ccccc6c5)cc4)cn3C)cn2C)CC1. The number of nitrogens with one attached hydrogen (secondary N) is 5. The van der Waals surface area contributed by atoms with Crippen LogP contribution in [0.25, 0.3) is 23.1 Å². The molecule has 5 aromatic rings. The first-order valence-electron chi connectivity index (χ1n) is 17.7. The maximum absolute atomic E-state index is 13.2. The van der Waals surface area contributed by atoms with Gasteiger partial charge in [-0.1, -0.05) is 42.5 Å². The van der Waals surface area contributed by atoms with Crippen LogP contribution in [0.5, 0.6) is 0 Å². The predicted molar refractivity (Wildman–Crippen MR) is 210 cm³/mol. The number of aromatic nitrogens is 3. The second-order valence-corrected chi connectivity index (χ2v) is 13.3. The van der Waals surface area contributed by atoms with Gasteiger partial charge in [0, 0.05) is 95.9 Å². The fourth-order valence-electron chi connectivity index (χ4n) is 6.15. The Balaban J connectivity index is 0.957. The molecule has 4 heterocycles. The normalized spacial score (nSPS) is 13.6. The lowest BCUT2D eigenvalue weighted by molar-refractivity contribution is 0.0945. The van der Waals surface area contributed by atoms with Crippen LogP contribution >= 0.6 is 0 Å². The van der Waals surface area contributed by atoms with Gasteiger partial charge in [0.25, 0.3) is 17.7 Å². The number of fused-ring (bicyclic) bond motifs is 1. The first-order valence-corrected chi connectivity index (χ1v) is 17.7. The Hall–Kier alpha value is -6.05. The van der Waals surface area contributed by atoms with Gasteiger partial charge in [-0.05, 0) is 54.6 Å². The van der Waals surface area contributed by atoms with Crippen molar-refractivity contribution in [1.82, 2.24) is 34.6 Å². The van der Waals surface area contributed by atoms with E-state index < -0.39 is 0 Å². The van der Waals surface area contributed by atoms with Gasteiger partial charge >= 0.3 is 0 Å². The van der Waals surface area contributed by atoms with Gasteiger partial charge in [0.05, 0.1) is 22.7 Å². The van der Waals surface area contributed by atoms with Gasteiger partial charge in [-0.25, -0.2) is 0 Å². The summed E-state index contributed by atoms with van der Waals surface area (Å²) in [5, 5.41) is 21.0. The maximum Gasteiger partial charge on any atom is 0.272 e. The molecule has 0 bridgehead atoms. The summed E-state index contributed by atoms with van der Waals surface area (Å²) in [6, 6.07) is 20.5. The zero-order valence-corrected chi connectivity index (χ0v) is 30.4. The number of hydrogen-bond donors (Lipinski definition) is 5. The zero-order valence-electron chi connectivity index (χ0n) is 30.4. The molecular weight excluding hydrogens is 669 g/mol. The van der Waals surface area contributed by atoms with Gasteiger partial charge in [-0.15, -0.1) is 0 Å². The molecule has 0 radical (unpaired) electrons. The number of amides is 3. The first-order chi connectivity index (χ1) is 25.6. The number of carbonyl (C=O) groups excluding carboxylic acids is 3. The summed E-state index contributed by atoms with van der Waals surface area (Å²) in [6.07, 6.45) is 9.52. The van der Waals surface area contributed by atoms with Crippen molar-refractivity contribution >= 4 is 58.0 Å². The number of pyridine rings is 1. The van der Waals surface area contributed by atoms with E-state index in [1.54, 1.807) is 59.9 Å². The number of likely N-dealkylation sites (N-methyl/N-ethyl adjacent to an activating group) is 1. The standard InChI is InChI=1S/C40H46N10O3/c1-47-18-20-50(21-19-47)17-16-42-37(41)14-15-43-39(52)35-23-33(27-48(35)2)46-40(53)36-24-32(26-49(36)3)45-38(51)30-12-10-28(11-13-30)8-9-29-22-31-6-4-5-7-34(31)44-25-29/h4-13,22-27H,14-21H2,1-3H3,(H2,41,42)(H,43,52)(H,45,51)(H,46,53)/b9-8+. The number of hydrogen-bond acceptors (Lipinski definition) is 7. The monoisotopic (exact) mass is 714 g/mol. The summed E-state index contributed by atoms with van der Waals surface area (Å²) >= 11 is 0. The number of carbonyl (C=O) groups is 3. The van der Waals surface area contributed by atoms with Crippen molar-refractivity contribution in [3.63, 3.8) is 0 Å². The molecule has 13 nitrogen and oxygen atoms in total. The van der Waals surface area contributed by atoms with E-state index in [1.165, 1.54) is 0 Å². The summed E-state index contributed by atoms with van der Waals surface area (Å²) in [5.74, 6) is -0.602. The fourth-order valence-corrected chi connectivity index (χ4v) is 6.15. The van der Waals surface area contributed by atoms with Crippen LogP contribution in [-0.2, 0) is 14.1 Å². The highest BCUT2D eigenvalue weighted by atomic mass is 16.2. The smallest absolute Gasteiger partial charge is 0.272 e. The summed E-state index contributed by atoms with van der Waals surface area (Å²) in [4.78, 5) is 48.3. The summed E-state index contributed by atoms with van der Waals surface area (Å²) in [6.45, 7) is 6.09. The van der Waals surface area contributed by atoms with Crippen molar-refractivity contribution in [3.05, 3.63) is 113 Å². The van der Waals surface area contributed by atoms with Crippen LogP contribution in [0.1, 0.15) is 48.9 Å². The van der Waals surface area contributed by atoms with Crippen molar-refractivity contribution in [2.24, 2.45) is 14.1 Å². The Bertz CT molecular complexity index is 2120. The molecule has 0 aliphatic carbocycles. The number of benzene rings is 2. The summed E-state index contributed by atoms with van der Waals surface area (Å²) in [5.41, 5.74) is 4.99. The lowest BCUT2D eigenvalue weighted by atomic mass is 10.1. The highest BCUT2D eigenvalue weighted by Crippen LogP contribution is 2.19. The minimum absolute atomic E-state index is 0.298. The molecular formula is C40H46N10O3. The Morgan fingerprint density at radius 3 is 2.09 bits per heavy atom. The number of nitrogens with zero attached hydrogens (tertiary/aromatic N) is 5. The molecule has 0 unspecified atom stereocenters. The minimum Gasteiger partial charge on any atom is -0.373 e. The molecule has 3 amide bonds. The molecule has 2 aromatic carbocycles. The van der Waals surface area contributed by atoms with Crippen LogP contribution in [0.3, 0.4) is 0 Å². The molecule has 0 saturated carbocycles. The van der Waals surface area contributed by atoms with E-state index in [0.29, 0.717) is 53.7 Å². The largest absolute Gasteiger partial charge is 0.373 e. The Labute approximate surface area is 309 Å². The van der Waals surface area contributed by atoms with E-state index in [9.17, 15) is 14.4 Å². The van der Waals surface area contributed by atoms with Crippen LogP contribution in [0.2, 0.25) is 0 Å². The Kier molecular flexibility index (Phi) is 11.8. The number of amidine groups is 1. The quantitative estimate of drug-likeness (QED) is 0.0889. The van der Waals surface area contributed by atoms with E-state index in [0.717, 1.165) is 54.8 Å². The number of piperazine rings is 1. The Morgan fingerprint density at radius 1 is 0.736 bits per heavy atom. The van der Waals surface area contributed by atoms with Crippen LogP contribution < -0.4 is 21.3 Å². The van der Waals surface area contributed by atoms with E-state index in [1.807, 2.05) is 54.7 Å². The van der Waals surface area contributed by atoms with Crippen molar-refractivity contribution in [1.29, 1.82) is 5.41 Å². The molecule has 13 heteroatoms. The van der Waals surface area contributed by atoms with E-state index in [2.05, 4.69) is 49.2 Å².